The fourth-order valence-corrected chi connectivity index (χ4v) is 3.34. The number of anilines is 1. The summed E-state index contributed by atoms with van der Waals surface area (Å²) >= 11 is 1.02. The van der Waals surface area contributed by atoms with E-state index >= 15 is 0 Å². The van der Waals surface area contributed by atoms with Gasteiger partial charge in [0.25, 0.3) is 0 Å². The molecule has 0 radical (unpaired) electrons. The molecule has 0 aliphatic heterocycles. The lowest BCUT2D eigenvalue weighted by atomic mass is 10.4. The van der Waals surface area contributed by atoms with Gasteiger partial charge in [-0.15, -0.1) is 10.2 Å². The molecule has 0 aromatic carbocycles. The van der Waals surface area contributed by atoms with Gasteiger partial charge in [-0.05, 0) is 12.1 Å². The Morgan fingerprint density at radius 2 is 2.19 bits per heavy atom. The monoisotopic (exact) mass is 324 g/mol. The van der Waals surface area contributed by atoms with Crippen molar-refractivity contribution in [1.82, 2.24) is 19.6 Å². The van der Waals surface area contributed by atoms with Gasteiger partial charge in [0.15, 0.2) is 20.8 Å². The number of hydrogen-bond donors (Lipinski definition) is 1. The Morgan fingerprint density at radius 1 is 1.38 bits per heavy atom. The summed E-state index contributed by atoms with van der Waals surface area (Å²) < 4.78 is 24.4. The zero-order valence-corrected chi connectivity index (χ0v) is 12.7. The van der Waals surface area contributed by atoms with Crippen molar-refractivity contribution in [3.8, 4) is 0 Å². The molecular formula is C11H12N6O2S2. The molecule has 0 saturated carbocycles. The first kappa shape index (κ1) is 13.9. The van der Waals surface area contributed by atoms with Gasteiger partial charge in [0.05, 0.1) is 12.7 Å². The van der Waals surface area contributed by atoms with E-state index < -0.39 is 10.0 Å². The van der Waals surface area contributed by atoms with Crippen LogP contribution in [0, 0.1) is 0 Å². The molecule has 0 aliphatic rings. The van der Waals surface area contributed by atoms with Crippen molar-refractivity contribution >= 4 is 32.1 Å². The van der Waals surface area contributed by atoms with Crippen LogP contribution in [0.15, 0.2) is 34.8 Å². The van der Waals surface area contributed by atoms with Crippen LogP contribution in [0.1, 0.15) is 5.82 Å². The van der Waals surface area contributed by atoms with E-state index in [0.29, 0.717) is 11.7 Å². The Morgan fingerprint density at radius 3 is 2.90 bits per heavy atom. The number of primary sulfonamides is 1. The second-order valence-corrected chi connectivity index (χ2v) is 7.21. The van der Waals surface area contributed by atoms with Crippen molar-refractivity contribution in [2.75, 3.05) is 11.9 Å². The van der Waals surface area contributed by atoms with E-state index in [1.54, 1.807) is 11.9 Å². The summed E-state index contributed by atoms with van der Waals surface area (Å²) in [6.07, 6.45) is 3.13. The lowest BCUT2D eigenvalue weighted by Crippen LogP contribution is -2.18. The molecule has 3 heterocycles. The molecule has 3 aromatic rings. The van der Waals surface area contributed by atoms with Gasteiger partial charge < -0.3 is 4.90 Å². The maximum Gasteiger partial charge on any atom is 0.249 e. The van der Waals surface area contributed by atoms with Crippen LogP contribution < -0.4 is 10.0 Å². The number of pyridine rings is 1. The highest BCUT2D eigenvalue weighted by atomic mass is 32.2. The van der Waals surface area contributed by atoms with Crippen molar-refractivity contribution in [2.24, 2.45) is 5.14 Å². The Balaban J connectivity index is 1.86. The maximum atomic E-state index is 11.3. The standard InChI is InChI=1S/C11H12N6O2S2/c1-16(11-13-6-10(20-11)21(12,18)19)7-9-15-14-8-4-2-3-5-17(8)9/h2-6H,7H2,1H3,(H2,12,18,19). The molecule has 0 fully saturated rings. The van der Waals surface area contributed by atoms with Crippen molar-refractivity contribution in [3.05, 3.63) is 36.4 Å². The molecule has 0 amide bonds. The highest BCUT2D eigenvalue weighted by Gasteiger charge is 2.16. The molecule has 0 atom stereocenters. The number of nitrogens with zero attached hydrogens (tertiary/aromatic N) is 5. The second-order valence-electron chi connectivity index (χ2n) is 4.41. The molecule has 3 aromatic heterocycles. The SMILES string of the molecule is CN(Cc1nnc2ccccn12)c1ncc(S(N)(=O)=O)s1. The third-order valence-electron chi connectivity index (χ3n) is 2.84. The Labute approximate surface area is 124 Å². The molecule has 3 rings (SSSR count). The van der Waals surface area contributed by atoms with Crippen LogP contribution in [0.5, 0.6) is 0 Å². The summed E-state index contributed by atoms with van der Waals surface area (Å²) in [6, 6.07) is 5.64. The molecule has 8 nitrogen and oxygen atoms in total. The van der Waals surface area contributed by atoms with Crippen LogP contribution in [0.25, 0.3) is 5.65 Å². The van der Waals surface area contributed by atoms with Gasteiger partial charge >= 0.3 is 0 Å². The largest absolute Gasteiger partial charge is 0.344 e. The van der Waals surface area contributed by atoms with E-state index in [1.165, 1.54) is 6.20 Å². The number of rotatable bonds is 4. The van der Waals surface area contributed by atoms with Crippen molar-refractivity contribution in [1.29, 1.82) is 0 Å². The highest BCUT2D eigenvalue weighted by molar-refractivity contribution is 7.91. The van der Waals surface area contributed by atoms with E-state index in [9.17, 15) is 8.42 Å². The van der Waals surface area contributed by atoms with E-state index in [1.807, 2.05) is 28.8 Å². The first-order valence-electron chi connectivity index (χ1n) is 5.93. The van der Waals surface area contributed by atoms with Gasteiger partial charge in [-0.2, -0.15) is 0 Å². The molecule has 0 spiro atoms. The summed E-state index contributed by atoms with van der Waals surface area (Å²) in [5.41, 5.74) is 0.755. The van der Waals surface area contributed by atoms with Gasteiger partial charge in [0, 0.05) is 13.2 Å². The molecule has 2 N–H and O–H groups in total. The molecule has 0 saturated heterocycles. The zero-order chi connectivity index (χ0) is 15.0. The first-order valence-corrected chi connectivity index (χ1v) is 8.30. The van der Waals surface area contributed by atoms with Gasteiger partial charge in [-0.25, -0.2) is 18.5 Å². The van der Waals surface area contributed by atoms with Gasteiger partial charge in [0.1, 0.15) is 0 Å². The molecule has 110 valence electrons. The van der Waals surface area contributed by atoms with Crippen LogP contribution in [-0.2, 0) is 16.6 Å². The second kappa shape index (κ2) is 5.06. The van der Waals surface area contributed by atoms with Gasteiger partial charge in [-0.3, -0.25) is 4.40 Å². The molecule has 0 bridgehead atoms. The number of fused-ring (bicyclic) bond motifs is 1. The number of aromatic nitrogens is 4. The maximum absolute atomic E-state index is 11.3. The predicted octanol–water partition coefficient (Wildman–Crippen LogP) is 0.470. The Kier molecular flexibility index (Phi) is 3.35. The summed E-state index contributed by atoms with van der Waals surface area (Å²) in [5.74, 6) is 0.737. The lowest BCUT2D eigenvalue weighted by Gasteiger charge is -2.13. The Bertz CT molecular complexity index is 885. The van der Waals surface area contributed by atoms with E-state index in [-0.39, 0.29) is 4.21 Å². The summed E-state index contributed by atoms with van der Waals surface area (Å²) in [6.45, 7) is 0.447. The van der Waals surface area contributed by atoms with Crippen LogP contribution in [0.2, 0.25) is 0 Å². The average molecular weight is 324 g/mol. The normalized spacial score (nSPS) is 11.9. The first-order chi connectivity index (χ1) is 9.95. The fourth-order valence-electron chi connectivity index (χ4n) is 1.84. The van der Waals surface area contributed by atoms with Crippen LogP contribution in [0.4, 0.5) is 5.13 Å². The van der Waals surface area contributed by atoms with Crippen molar-refractivity contribution in [3.63, 3.8) is 0 Å². The minimum absolute atomic E-state index is 0.0375. The third-order valence-corrected chi connectivity index (χ3v) is 5.36. The molecule has 21 heavy (non-hydrogen) atoms. The van der Waals surface area contributed by atoms with Crippen molar-refractivity contribution in [2.45, 2.75) is 10.8 Å². The molecule has 10 heteroatoms. The summed E-state index contributed by atoms with van der Waals surface area (Å²) in [7, 11) is -1.91. The summed E-state index contributed by atoms with van der Waals surface area (Å²) in [5, 5.41) is 13.8. The molecule has 0 unspecified atom stereocenters. The predicted molar refractivity (Wildman–Crippen MR) is 78.6 cm³/mol. The third kappa shape index (κ3) is 2.73. The molecular weight excluding hydrogens is 312 g/mol. The van der Waals surface area contributed by atoms with E-state index in [2.05, 4.69) is 15.2 Å². The van der Waals surface area contributed by atoms with Crippen molar-refractivity contribution < 1.29 is 8.42 Å². The topological polar surface area (TPSA) is 106 Å². The number of thiazole rings is 1. The molecule has 0 aliphatic carbocycles. The Hall–Kier alpha value is -2.04. The minimum Gasteiger partial charge on any atom is -0.344 e. The van der Waals surface area contributed by atoms with Crippen LogP contribution in [0.3, 0.4) is 0 Å². The van der Waals surface area contributed by atoms with Crippen LogP contribution >= 0.6 is 11.3 Å². The van der Waals surface area contributed by atoms with E-state index in [0.717, 1.165) is 22.8 Å². The lowest BCUT2D eigenvalue weighted by molar-refractivity contribution is 0.599. The highest BCUT2D eigenvalue weighted by Crippen LogP contribution is 2.25. The smallest absolute Gasteiger partial charge is 0.249 e. The zero-order valence-electron chi connectivity index (χ0n) is 11.0. The van der Waals surface area contributed by atoms with Crippen LogP contribution in [-0.4, -0.2) is 35.0 Å². The quantitative estimate of drug-likeness (QED) is 0.747. The number of hydrogen-bond acceptors (Lipinski definition) is 7. The number of sulfonamides is 1. The minimum atomic E-state index is -3.72. The van der Waals surface area contributed by atoms with Gasteiger partial charge in [-0.1, -0.05) is 17.4 Å². The fraction of sp³-hybridized carbons (Fsp3) is 0.182. The number of nitrogens with two attached hydrogens (primary N) is 1. The van der Waals surface area contributed by atoms with E-state index in [4.69, 9.17) is 5.14 Å². The average Bonchev–Trinajstić information content (AvgIpc) is 3.05. The van der Waals surface area contributed by atoms with Gasteiger partial charge in [0.2, 0.25) is 10.0 Å². The summed E-state index contributed by atoms with van der Waals surface area (Å²) in [4.78, 5) is 5.87.